The minimum absolute atomic E-state index is 0.212. The third-order valence-electron chi connectivity index (χ3n) is 2.52. The number of rotatable bonds is 6. The van der Waals surface area contributed by atoms with E-state index >= 15 is 0 Å². The Bertz CT molecular complexity index is 144. The predicted octanol–water partition coefficient (Wildman–Crippen LogP) is 1.16. The Morgan fingerprint density at radius 2 is 2.29 bits per heavy atom. The predicted molar refractivity (Wildman–Crippen MR) is 57.3 cm³/mol. The standard InChI is InChI=1S/C11H23NO2/c1-9(2)6-10(13)7-12-8-11-4-3-5-14-11/h9-13H,3-8H2,1-2H3. The summed E-state index contributed by atoms with van der Waals surface area (Å²) in [5.41, 5.74) is 0. The van der Waals surface area contributed by atoms with Gasteiger partial charge < -0.3 is 15.2 Å². The Hall–Kier alpha value is -0.120. The minimum Gasteiger partial charge on any atom is -0.392 e. The van der Waals surface area contributed by atoms with Crippen LogP contribution in [0.15, 0.2) is 0 Å². The van der Waals surface area contributed by atoms with Gasteiger partial charge in [-0.1, -0.05) is 13.8 Å². The van der Waals surface area contributed by atoms with E-state index in [1.807, 2.05) is 0 Å². The maximum absolute atomic E-state index is 9.59. The Morgan fingerprint density at radius 3 is 2.86 bits per heavy atom. The number of hydrogen-bond acceptors (Lipinski definition) is 3. The molecule has 1 heterocycles. The van der Waals surface area contributed by atoms with Gasteiger partial charge in [0.1, 0.15) is 0 Å². The first-order valence-corrected chi connectivity index (χ1v) is 5.69. The molecule has 0 aliphatic carbocycles. The van der Waals surface area contributed by atoms with Crippen LogP contribution in [-0.4, -0.2) is 37.0 Å². The van der Waals surface area contributed by atoms with E-state index in [0.29, 0.717) is 18.6 Å². The van der Waals surface area contributed by atoms with Crippen molar-refractivity contribution in [1.29, 1.82) is 0 Å². The quantitative estimate of drug-likeness (QED) is 0.677. The van der Waals surface area contributed by atoms with Gasteiger partial charge in [-0.3, -0.25) is 0 Å². The van der Waals surface area contributed by atoms with E-state index in [1.54, 1.807) is 0 Å². The Kier molecular flexibility index (Phi) is 5.45. The first-order chi connectivity index (χ1) is 6.68. The molecule has 0 bridgehead atoms. The summed E-state index contributed by atoms with van der Waals surface area (Å²) in [6.07, 6.45) is 3.38. The van der Waals surface area contributed by atoms with Crippen LogP contribution in [0.5, 0.6) is 0 Å². The molecule has 14 heavy (non-hydrogen) atoms. The smallest absolute Gasteiger partial charge is 0.0700 e. The van der Waals surface area contributed by atoms with Crippen LogP contribution in [0, 0.1) is 5.92 Å². The second kappa shape index (κ2) is 6.38. The zero-order valence-corrected chi connectivity index (χ0v) is 9.33. The molecule has 2 unspecified atom stereocenters. The van der Waals surface area contributed by atoms with Gasteiger partial charge >= 0.3 is 0 Å². The van der Waals surface area contributed by atoms with E-state index in [2.05, 4.69) is 19.2 Å². The molecule has 1 saturated heterocycles. The molecule has 3 heteroatoms. The molecule has 2 atom stereocenters. The molecule has 0 aromatic carbocycles. The number of aliphatic hydroxyl groups excluding tert-OH is 1. The van der Waals surface area contributed by atoms with Gasteiger partial charge in [-0.2, -0.15) is 0 Å². The summed E-state index contributed by atoms with van der Waals surface area (Å²) in [7, 11) is 0. The highest BCUT2D eigenvalue weighted by Gasteiger charge is 2.15. The molecule has 0 radical (unpaired) electrons. The Morgan fingerprint density at radius 1 is 1.50 bits per heavy atom. The molecule has 0 aromatic rings. The summed E-state index contributed by atoms with van der Waals surface area (Å²) in [5, 5.41) is 12.8. The van der Waals surface area contributed by atoms with Crippen molar-refractivity contribution >= 4 is 0 Å². The number of nitrogens with one attached hydrogen (secondary N) is 1. The average molecular weight is 201 g/mol. The molecule has 2 N–H and O–H groups in total. The van der Waals surface area contributed by atoms with Crippen molar-refractivity contribution in [3.63, 3.8) is 0 Å². The van der Waals surface area contributed by atoms with Crippen LogP contribution in [0.1, 0.15) is 33.1 Å². The van der Waals surface area contributed by atoms with Crippen molar-refractivity contribution in [3.8, 4) is 0 Å². The lowest BCUT2D eigenvalue weighted by molar-refractivity contribution is 0.100. The molecular formula is C11H23NO2. The van der Waals surface area contributed by atoms with Crippen LogP contribution in [-0.2, 0) is 4.74 Å². The highest BCUT2D eigenvalue weighted by Crippen LogP contribution is 2.10. The van der Waals surface area contributed by atoms with Gasteiger partial charge in [0.25, 0.3) is 0 Å². The topological polar surface area (TPSA) is 41.5 Å². The zero-order valence-electron chi connectivity index (χ0n) is 9.33. The van der Waals surface area contributed by atoms with E-state index in [1.165, 1.54) is 6.42 Å². The Labute approximate surface area is 86.8 Å². The maximum Gasteiger partial charge on any atom is 0.0700 e. The lowest BCUT2D eigenvalue weighted by Gasteiger charge is -2.15. The fraction of sp³-hybridized carbons (Fsp3) is 1.00. The summed E-state index contributed by atoms with van der Waals surface area (Å²) in [4.78, 5) is 0. The van der Waals surface area contributed by atoms with Crippen LogP contribution < -0.4 is 5.32 Å². The SMILES string of the molecule is CC(C)CC(O)CNCC1CCCO1. The fourth-order valence-corrected chi connectivity index (χ4v) is 1.84. The molecule has 0 saturated carbocycles. The normalized spacial score (nSPS) is 24.4. The molecule has 0 amide bonds. The van der Waals surface area contributed by atoms with Gasteiger partial charge in [0.05, 0.1) is 12.2 Å². The van der Waals surface area contributed by atoms with Crippen molar-refractivity contribution in [1.82, 2.24) is 5.32 Å². The molecule has 84 valence electrons. The summed E-state index contributed by atoms with van der Waals surface area (Å²) in [5.74, 6) is 0.564. The van der Waals surface area contributed by atoms with E-state index in [9.17, 15) is 5.11 Å². The van der Waals surface area contributed by atoms with Crippen LogP contribution in [0.25, 0.3) is 0 Å². The van der Waals surface area contributed by atoms with Crippen LogP contribution in [0.3, 0.4) is 0 Å². The van der Waals surface area contributed by atoms with Gasteiger partial charge in [-0.05, 0) is 25.2 Å². The molecule has 1 aliphatic heterocycles. The van der Waals surface area contributed by atoms with Gasteiger partial charge in [0.2, 0.25) is 0 Å². The van der Waals surface area contributed by atoms with Crippen LogP contribution in [0.4, 0.5) is 0 Å². The molecule has 1 fully saturated rings. The summed E-state index contributed by atoms with van der Waals surface area (Å²) >= 11 is 0. The molecule has 1 rings (SSSR count). The van der Waals surface area contributed by atoms with Crippen molar-refractivity contribution in [2.45, 2.75) is 45.3 Å². The van der Waals surface area contributed by atoms with Gasteiger partial charge in [-0.15, -0.1) is 0 Å². The van der Waals surface area contributed by atoms with Crippen LogP contribution in [0.2, 0.25) is 0 Å². The van der Waals surface area contributed by atoms with Crippen molar-refractivity contribution < 1.29 is 9.84 Å². The van der Waals surface area contributed by atoms with Crippen molar-refractivity contribution in [3.05, 3.63) is 0 Å². The first kappa shape index (κ1) is 12.0. The first-order valence-electron chi connectivity index (χ1n) is 5.69. The molecule has 3 nitrogen and oxygen atoms in total. The highest BCUT2D eigenvalue weighted by molar-refractivity contribution is 4.69. The third kappa shape index (κ3) is 4.94. The number of ether oxygens (including phenoxy) is 1. The average Bonchev–Trinajstić information content (AvgIpc) is 2.55. The van der Waals surface area contributed by atoms with E-state index in [4.69, 9.17) is 4.74 Å². The van der Waals surface area contributed by atoms with Crippen molar-refractivity contribution in [2.75, 3.05) is 19.7 Å². The van der Waals surface area contributed by atoms with E-state index < -0.39 is 0 Å². The summed E-state index contributed by atoms with van der Waals surface area (Å²) < 4.78 is 5.47. The van der Waals surface area contributed by atoms with Gasteiger partial charge in [0, 0.05) is 19.7 Å². The highest BCUT2D eigenvalue weighted by atomic mass is 16.5. The van der Waals surface area contributed by atoms with Gasteiger partial charge in [-0.25, -0.2) is 0 Å². The number of hydrogen-bond donors (Lipinski definition) is 2. The lowest BCUT2D eigenvalue weighted by Crippen LogP contribution is -2.33. The Balaban J connectivity index is 1.96. The van der Waals surface area contributed by atoms with Gasteiger partial charge in [0.15, 0.2) is 0 Å². The monoisotopic (exact) mass is 201 g/mol. The second-order valence-electron chi connectivity index (χ2n) is 4.58. The lowest BCUT2D eigenvalue weighted by atomic mass is 10.1. The molecular weight excluding hydrogens is 178 g/mol. The van der Waals surface area contributed by atoms with Crippen molar-refractivity contribution in [2.24, 2.45) is 5.92 Å². The molecule has 0 spiro atoms. The summed E-state index contributed by atoms with van der Waals surface area (Å²) in [6.45, 7) is 6.74. The van der Waals surface area contributed by atoms with E-state index in [-0.39, 0.29) is 6.10 Å². The number of aliphatic hydroxyl groups is 1. The minimum atomic E-state index is -0.212. The maximum atomic E-state index is 9.59. The van der Waals surface area contributed by atoms with E-state index in [0.717, 1.165) is 26.0 Å². The molecule has 0 aromatic heterocycles. The fourth-order valence-electron chi connectivity index (χ4n) is 1.84. The third-order valence-corrected chi connectivity index (χ3v) is 2.52. The van der Waals surface area contributed by atoms with Crippen LogP contribution >= 0.6 is 0 Å². The second-order valence-corrected chi connectivity index (χ2v) is 4.58. The summed E-state index contributed by atoms with van der Waals surface area (Å²) in [6, 6.07) is 0. The molecule has 1 aliphatic rings. The zero-order chi connectivity index (χ0) is 10.4. The largest absolute Gasteiger partial charge is 0.392 e.